The van der Waals surface area contributed by atoms with E-state index in [1.165, 1.54) is 38.2 Å². The summed E-state index contributed by atoms with van der Waals surface area (Å²) in [6, 6.07) is 15.6. The molecule has 214 valence electrons. The lowest BCUT2D eigenvalue weighted by atomic mass is 9.83. The van der Waals surface area contributed by atoms with Crippen molar-refractivity contribution in [2.24, 2.45) is 5.92 Å². The quantitative estimate of drug-likeness (QED) is 0.182. The topological polar surface area (TPSA) is 9.23 Å². The van der Waals surface area contributed by atoms with Crippen LogP contribution in [-0.2, 0) is 0 Å². The van der Waals surface area contributed by atoms with Crippen LogP contribution in [0.2, 0.25) is 0 Å². The number of halogens is 3. The summed E-state index contributed by atoms with van der Waals surface area (Å²) >= 11 is 0. The lowest BCUT2D eigenvalue weighted by Crippen LogP contribution is -2.06. The van der Waals surface area contributed by atoms with E-state index in [0.29, 0.717) is 17.7 Å². The first-order valence-electron chi connectivity index (χ1n) is 15.2. The number of benzene rings is 3. The molecule has 1 aliphatic carbocycles. The molecule has 1 nitrogen and oxygen atoms in total. The van der Waals surface area contributed by atoms with Gasteiger partial charge in [0.15, 0.2) is 11.6 Å². The van der Waals surface area contributed by atoms with Gasteiger partial charge in [0, 0.05) is 11.1 Å². The number of unbranched alkanes of at least 4 members (excludes halogenated alkanes) is 6. The zero-order valence-corrected chi connectivity index (χ0v) is 24.1. The van der Waals surface area contributed by atoms with E-state index in [9.17, 15) is 8.78 Å². The van der Waals surface area contributed by atoms with E-state index in [0.717, 1.165) is 67.6 Å². The molecule has 1 unspecified atom stereocenters. The van der Waals surface area contributed by atoms with Crippen molar-refractivity contribution in [2.45, 2.75) is 90.9 Å². The summed E-state index contributed by atoms with van der Waals surface area (Å²) in [7, 11) is 0. The zero-order chi connectivity index (χ0) is 28.3. The van der Waals surface area contributed by atoms with Crippen LogP contribution < -0.4 is 4.74 Å². The minimum atomic E-state index is -0.961. The molecule has 4 rings (SSSR count). The van der Waals surface area contributed by atoms with Gasteiger partial charge in [-0.25, -0.2) is 8.78 Å². The molecule has 1 atom stereocenters. The highest BCUT2D eigenvalue weighted by molar-refractivity contribution is 5.74. The Hall–Kier alpha value is -3.01. The molecule has 0 saturated carbocycles. The van der Waals surface area contributed by atoms with Gasteiger partial charge in [0.25, 0.3) is 0 Å². The molecule has 0 heterocycles. The van der Waals surface area contributed by atoms with E-state index in [1.54, 1.807) is 24.3 Å². The molecule has 0 saturated heterocycles. The van der Waals surface area contributed by atoms with E-state index in [-0.39, 0.29) is 17.1 Å². The molecular weight excluding hydrogens is 505 g/mol. The number of hydrogen-bond acceptors (Lipinski definition) is 1. The summed E-state index contributed by atoms with van der Waals surface area (Å²) in [4.78, 5) is 0. The van der Waals surface area contributed by atoms with Crippen LogP contribution in [0.15, 0.2) is 60.7 Å². The summed E-state index contributed by atoms with van der Waals surface area (Å²) in [5.74, 6) is -1.43. The highest BCUT2D eigenvalue weighted by Gasteiger charge is 2.19. The molecule has 3 aromatic carbocycles. The van der Waals surface area contributed by atoms with E-state index in [4.69, 9.17) is 4.74 Å². The second-order valence-corrected chi connectivity index (χ2v) is 11.1. The van der Waals surface area contributed by atoms with Crippen molar-refractivity contribution >= 4 is 5.57 Å². The van der Waals surface area contributed by atoms with Gasteiger partial charge in [-0.05, 0) is 72.1 Å². The fourth-order valence-corrected chi connectivity index (χ4v) is 5.63. The maximum Gasteiger partial charge on any atom is 0.201 e. The first kappa shape index (κ1) is 30.0. The van der Waals surface area contributed by atoms with Crippen LogP contribution in [0.25, 0.3) is 27.8 Å². The molecule has 0 spiro atoms. The predicted octanol–water partition coefficient (Wildman–Crippen LogP) is 11.6. The Balaban J connectivity index is 1.39. The second-order valence-electron chi connectivity index (χ2n) is 11.1. The number of allylic oxidation sites excluding steroid dienone is 2. The first-order chi connectivity index (χ1) is 19.5. The molecule has 3 aromatic rings. The van der Waals surface area contributed by atoms with E-state index in [1.807, 2.05) is 24.3 Å². The normalized spacial score (nSPS) is 15.2. The molecular formula is C36H43F3O. The number of hydrogen-bond donors (Lipinski definition) is 0. The van der Waals surface area contributed by atoms with E-state index >= 15 is 4.39 Å². The average Bonchev–Trinajstić information content (AvgIpc) is 2.98. The van der Waals surface area contributed by atoms with Crippen LogP contribution in [0, 0.1) is 23.4 Å². The SMILES string of the molecule is CCCCCCCOc1ccc(-c2ccc(-c3ccc(C4=CCC(CCCCC)CC4)c(F)c3)cc2)c(F)c1F. The fraction of sp³-hybridized carbons (Fsp3) is 0.444. The summed E-state index contributed by atoms with van der Waals surface area (Å²) in [5.41, 5.74) is 4.12. The molecule has 0 amide bonds. The number of ether oxygens (including phenoxy) is 1. The van der Waals surface area contributed by atoms with Crippen molar-refractivity contribution in [2.75, 3.05) is 6.61 Å². The Morgan fingerprint density at radius 3 is 2.08 bits per heavy atom. The van der Waals surface area contributed by atoms with E-state index in [2.05, 4.69) is 19.9 Å². The van der Waals surface area contributed by atoms with Crippen molar-refractivity contribution in [1.29, 1.82) is 0 Å². The van der Waals surface area contributed by atoms with Crippen molar-refractivity contribution < 1.29 is 17.9 Å². The minimum Gasteiger partial charge on any atom is -0.490 e. The Labute approximate surface area is 238 Å². The summed E-state index contributed by atoms with van der Waals surface area (Å²) in [5, 5.41) is 0. The van der Waals surface area contributed by atoms with Gasteiger partial charge in [0.2, 0.25) is 5.82 Å². The fourth-order valence-electron chi connectivity index (χ4n) is 5.63. The highest BCUT2D eigenvalue weighted by Crippen LogP contribution is 2.36. The van der Waals surface area contributed by atoms with Gasteiger partial charge >= 0.3 is 0 Å². The summed E-state index contributed by atoms with van der Waals surface area (Å²) < 4.78 is 50.3. The first-order valence-corrected chi connectivity index (χ1v) is 15.2. The Morgan fingerprint density at radius 1 is 0.700 bits per heavy atom. The molecule has 0 N–H and O–H groups in total. The maximum atomic E-state index is 15.2. The average molecular weight is 549 g/mol. The lowest BCUT2D eigenvalue weighted by Gasteiger charge is -2.22. The molecule has 4 heteroatoms. The largest absolute Gasteiger partial charge is 0.490 e. The van der Waals surface area contributed by atoms with Gasteiger partial charge in [-0.15, -0.1) is 0 Å². The molecule has 0 fully saturated rings. The third-order valence-electron chi connectivity index (χ3n) is 8.13. The van der Waals surface area contributed by atoms with Gasteiger partial charge in [0.05, 0.1) is 6.61 Å². The highest BCUT2D eigenvalue weighted by atomic mass is 19.2. The van der Waals surface area contributed by atoms with Crippen molar-refractivity contribution in [3.05, 3.63) is 83.7 Å². The Morgan fingerprint density at radius 2 is 1.38 bits per heavy atom. The van der Waals surface area contributed by atoms with Crippen LogP contribution in [0.5, 0.6) is 5.75 Å². The molecule has 0 aliphatic heterocycles. The van der Waals surface area contributed by atoms with Crippen molar-refractivity contribution in [1.82, 2.24) is 0 Å². The van der Waals surface area contributed by atoms with Gasteiger partial charge in [-0.1, -0.05) is 108 Å². The maximum absolute atomic E-state index is 15.2. The van der Waals surface area contributed by atoms with Crippen molar-refractivity contribution in [3.8, 4) is 28.0 Å². The van der Waals surface area contributed by atoms with Crippen LogP contribution in [0.1, 0.15) is 96.5 Å². The third kappa shape index (κ3) is 7.80. The van der Waals surface area contributed by atoms with Gasteiger partial charge in [0.1, 0.15) is 5.82 Å². The minimum absolute atomic E-state index is 0.0518. The zero-order valence-electron chi connectivity index (χ0n) is 24.1. The van der Waals surface area contributed by atoms with Crippen LogP contribution >= 0.6 is 0 Å². The van der Waals surface area contributed by atoms with Crippen LogP contribution in [0.4, 0.5) is 13.2 Å². The van der Waals surface area contributed by atoms with Gasteiger partial charge in [-0.3, -0.25) is 0 Å². The molecule has 0 radical (unpaired) electrons. The Bertz CT molecular complexity index is 1260. The lowest BCUT2D eigenvalue weighted by molar-refractivity contribution is 0.285. The van der Waals surface area contributed by atoms with Gasteiger partial charge < -0.3 is 4.74 Å². The van der Waals surface area contributed by atoms with Crippen LogP contribution in [0.3, 0.4) is 0 Å². The molecule has 40 heavy (non-hydrogen) atoms. The molecule has 1 aliphatic rings. The monoisotopic (exact) mass is 548 g/mol. The van der Waals surface area contributed by atoms with Gasteiger partial charge in [-0.2, -0.15) is 4.39 Å². The summed E-state index contributed by atoms with van der Waals surface area (Å²) in [6.45, 7) is 4.76. The smallest absolute Gasteiger partial charge is 0.201 e. The van der Waals surface area contributed by atoms with E-state index < -0.39 is 11.6 Å². The number of rotatable bonds is 14. The second kappa shape index (κ2) is 15.1. The standard InChI is InChI=1S/C36H43F3O/c1-3-5-7-8-10-24-40-34-23-22-32(35(38)36(34)39)29-18-16-27(17-19-29)30-20-21-31(33(37)25-30)28-14-12-26(13-15-28)11-9-6-4-2/h14,16-23,25-26H,3-13,15,24H2,1-2H3. The summed E-state index contributed by atoms with van der Waals surface area (Å²) in [6.07, 6.45) is 15.7. The van der Waals surface area contributed by atoms with Crippen molar-refractivity contribution in [3.63, 3.8) is 0 Å². The van der Waals surface area contributed by atoms with Crippen LogP contribution in [-0.4, -0.2) is 6.61 Å². The molecule has 0 bridgehead atoms. The molecule has 0 aromatic heterocycles. The predicted molar refractivity (Wildman–Crippen MR) is 161 cm³/mol. The Kier molecular flexibility index (Phi) is 11.3. The third-order valence-corrected chi connectivity index (χ3v) is 8.13.